The maximum atomic E-state index is 6.34. The second kappa shape index (κ2) is 6.19. The van der Waals surface area contributed by atoms with Gasteiger partial charge in [0.05, 0.1) is 28.1 Å². The molecule has 3 unspecified atom stereocenters. The Kier molecular flexibility index (Phi) is 5.02. The molecular weight excluding hydrogens is 307 g/mol. The van der Waals surface area contributed by atoms with E-state index in [1.807, 2.05) is 13.0 Å². The van der Waals surface area contributed by atoms with Gasteiger partial charge >= 0.3 is 0 Å². The Labute approximate surface area is 128 Å². The van der Waals surface area contributed by atoms with Gasteiger partial charge in [-0.05, 0) is 31.9 Å². The van der Waals surface area contributed by atoms with Gasteiger partial charge in [0, 0.05) is 5.56 Å². The van der Waals surface area contributed by atoms with Gasteiger partial charge in [0.15, 0.2) is 0 Å². The molecule has 0 amide bonds. The quantitative estimate of drug-likeness (QED) is 0.730. The van der Waals surface area contributed by atoms with Gasteiger partial charge in [-0.1, -0.05) is 36.2 Å². The largest absolute Gasteiger partial charge is 0.345 e. The van der Waals surface area contributed by atoms with E-state index in [0.717, 1.165) is 18.4 Å². The van der Waals surface area contributed by atoms with E-state index in [4.69, 9.17) is 44.3 Å². The van der Waals surface area contributed by atoms with Crippen molar-refractivity contribution >= 4 is 34.8 Å². The van der Waals surface area contributed by atoms with E-state index in [9.17, 15) is 0 Å². The number of hydrogen-bond acceptors (Lipinski definition) is 2. The first-order valence-electron chi connectivity index (χ1n) is 6.41. The van der Waals surface area contributed by atoms with Crippen LogP contribution in [0.1, 0.15) is 32.3 Å². The number of ether oxygens (including phenoxy) is 2. The van der Waals surface area contributed by atoms with Crippen molar-refractivity contribution in [3.63, 3.8) is 0 Å². The van der Waals surface area contributed by atoms with E-state index in [1.54, 1.807) is 12.1 Å². The van der Waals surface area contributed by atoms with E-state index < -0.39 is 5.79 Å². The van der Waals surface area contributed by atoms with Gasteiger partial charge < -0.3 is 9.47 Å². The fourth-order valence-corrected chi connectivity index (χ4v) is 2.81. The average molecular weight is 324 g/mol. The van der Waals surface area contributed by atoms with Crippen LogP contribution >= 0.6 is 34.8 Å². The third-order valence-corrected chi connectivity index (χ3v) is 4.43. The minimum absolute atomic E-state index is 0.143. The number of rotatable bonds is 3. The van der Waals surface area contributed by atoms with Crippen LogP contribution in [-0.2, 0) is 15.3 Å². The number of alkyl halides is 1. The molecular formula is C14H17Cl3O2. The molecule has 1 aliphatic rings. The van der Waals surface area contributed by atoms with Crippen molar-refractivity contribution in [2.45, 2.75) is 44.0 Å². The van der Waals surface area contributed by atoms with Crippen LogP contribution in [0, 0.1) is 0 Å². The average Bonchev–Trinajstić information content (AvgIpc) is 2.41. The molecule has 5 heteroatoms. The Bertz CT molecular complexity index is 450. The van der Waals surface area contributed by atoms with Crippen molar-refractivity contribution in [1.29, 1.82) is 0 Å². The predicted molar refractivity (Wildman–Crippen MR) is 79.2 cm³/mol. The van der Waals surface area contributed by atoms with Crippen LogP contribution in [0.15, 0.2) is 18.2 Å². The summed E-state index contributed by atoms with van der Waals surface area (Å²) in [5.41, 5.74) is 0.808. The van der Waals surface area contributed by atoms with Gasteiger partial charge in [-0.15, -0.1) is 11.6 Å². The summed E-state index contributed by atoms with van der Waals surface area (Å²) in [5.74, 6) is -0.950. The van der Waals surface area contributed by atoms with Crippen molar-refractivity contribution in [3.05, 3.63) is 33.8 Å². The highest BCUT2D eigenvalue weighted by Crippen LogP contribution is 2.41. The molecule has 1 aromatic rings. The van der Waals surface area contributed by atoms with Crippen molar-refractivity contribution in [3.8, 4) is 0 Å². The molecule has 1 heterocycles. The summed E-state index contributed by atoms with van der Waals surface area (Å²) in [6.07, 6.45) is 1.95. The molecule has 1 saturated heterocycles. The SMILES string of the molecule is CCC1CCOC(c2ccc(Cl)c(Cl)c2)(C(C)Cl)O1. The minimum atomic E-state index is -0.950. The maximum absolute atomic E-state index is 6.34. The Hall–Kier alpha value is 0.01000. The molecule has 0 bridgehead atoms. The monoisotopic (exact) mass is 322 g/mol. The molecule has 0 saturated carbocycles. The first-order valence-corrected chi connectivity index (χ1v) is 7.60. The van der Waals surface area contributed by atoms with E-state index >= 15 is 0 Å². The Morgan fingerprint density at radius 2 is 2.11 bits per heavy atom. The molecule has 2 rings (SSSR count). The molecule has 19 heavy (non-hydrogen) atoms. The number of hydrogen-bond donors (Lipinski definition) is 0. The molecule has 0 N–H and O–H groups in total. The van der Waals surface area contributed by atoms with Crippen LogP contribution in [0.2, 0.25) is 10.0 Å². The van der Waals surface area contributed by atoms with Gasteiger partial charge in [0.2, 0.25) is 5.79 Å². The van der Waals surface area contributed by atoms with Crippen molar-refractivity contribution < 1.29 is 9.47 Å². The summed E-state index contributed by atoms with van der Waals surface area (Å²) in [6.45, 7) is 4.58. The predicted octanol–water partition coefficient (Wildman–Crippen LogP) is 4.99. The van der Waals surface area contributed by atoms with Crippen LogP contribution in [-0.4, -0.2) is 18.1 Å². The van der Waals surface area contributed by atoms with Gasteiger partial charge in [0.25, 0.3) is 0 Å². The fourth-order valence-electron chi connectivity index (χ4n) is 2.27. The zero-order valence-corrected chi connectivity index (χ0v) is 13.2. The van der Waals surface area contributed by atoms with Crippen LogP contribution in [0.25, 0.3) is 0 Å². The molecule has 2 nitrogen and oxygen atoms in total. The maximum Gasteiger partial charge on any atom is 0.211 e. The molecule has 1 aliphatic heterocycles. The van der Waals surface area contributed by atoms with Crippen LogP contribution in [0.5, 0.6) is 0 Å². The summed E-state index contributed by atoms with van der Waals surface area (Å²) in [5, 5.41) is 0.645. The van der Waals surface area contributed by atoms with Gasteiger partial charge in [-0.3, -0.25) is 0 Å². The van der Waals surface area contributed by atoms with Crippen molar-refractivity contribution in [2.75, 3.05) is 6.61 Å². The van der Waals surface area contributed by atoms with Crippen LogP contribution < -0.4 is 0 Å². The Morgan fingerprint density at radius 1 is 1.37 bits per heavy atom. The zero-order chi connectivity index (χ0) is 14.0. The fraction of sp³-hybridized carbons (Fsp3) is 0.571. The lowest BCUT2D eigenvalue weighted by Crippen LogP contribution is -2.47. The van der Waals surface area contributed by atoms with Crippen LogP contribution in [0.4, 0.5) is 0 Å². The third kappa shape index (κ3) is 3.03. The Balaban J connectivity index is 2.40. The molecule has 1 fully saturated rings. The summed E-state index contributed by atoms with van der Waals surface area (Å²) in [7, 11) is 0. The smallest absolute Gasteiger partial charge is 0.211 e. The van der Waals surface area contributed by atoms with E-state index in [1.165, 1.54) is 0 Å². The molecule has 0 aliphatic carbocycles. The molecule has 0 aromatic heterocycles. The topological polar surface area (TPSA) is 18.5 Å². The summed E-state index contributed by atoms with van der Waals surface area (Å²) < 4.78 is 12.0. The summed E-state index contributed by atoms with van der Waals surface area (Å²) >= 11 is 18.4. The van der Waals surface area contributed by atoms with E-state index in [2.05, 4.69) is 6.92 Å². The van der Waals surface area contributed by atoms with Gasteiger partial charge in [-0.2, -0.15) is 0 Å². The summed E-state index contributed by atoms with van der Waals surface area (Å²) in [6, 6.07) is 5.36. The highest BCUT2D eigenvalue weighted by Gasteiger charge is 2.44. The highest BCUT2D eigenvalue weighted by atomic mass is 35.5. The normalized spacial score (nSPS) is 29.2. The first kappa shape index (κ1) is 15.4. The van der Waals surface area contributed by atoms with Gasteiger partial charge in [-0.25, -0.2) is 0 Å². The van der Waals surface area contributed by atoms with Crippen LogP contribution in [0.3, 0.4) is 0 Å². The molecule has 106 valence electrons. The minimum Gasteiger partial charge on any atom is -0.345 e. The van der Waals surface area contributed by atoms with Crippen molar-refractivity contribution in [2.24, 2.45) is 0 Å². The lowest BCUT2D eigenvalue weighted by atomic mass is 10.00. The lowest BCUT2D eigenvalue weighted by molar-refractivity contribution is -0.302. The molecule has 3 atom stereocenters. The van der Waals surface area contributed by atoms with Crippen molar-refractivity contribution in [1.82, 2.24) is 0 Å². The molecule has 0 radical (unpaired) electrons. The van der Waals surface area contributed by atoms with E-state index in [-0.39, 0.29) is 11.5 Å². The van der Waals surface area contributed by atoms with E-state index in [0.29, 0.717) is 16.7 Å². The number of halogens is 3. The Morgan fingerprint density at radius 3 is 2.68 bits per heavy atom. The second-order valence-electron chi connectivity index (χ2n) is 4.70. The molecule has 0 spiro atoms. The number of benzene rings is 1. The molecule has 1 aromatic carbocycles. The zero-order valence-electron chi connectivity index (χ0n) is 11.0. The standard InChI is InChI=1S/C14H17Cl3O2/c1-3-11-6-7-18-14(19-11,9(2)15)10-4-5-12(16)13(17)8-10/h4-5,8-9,11H,3,6-7H2,1-2H3. The first-order chi connectivity index (χ1) is 8.99. The summed E-state index contributed by atoms with van der Waals surface area (Å²) in [4.78, 5) is 0. The second-order valence-corrected chi connectivity index (χ2v) is 6.17. The third-order valence-electron chi connectivity index (χ3n) is 3.40. The highest BCUT2D eigenvalue weighted by molar-refractivity contribution is 6.42. The van der Waals surface area contributed by atoms with Gasteiger partial charge in [0.1, 0.15) is 0 Å². The lowest BCUT2D eigenvalue weighted by Gasteiger charge is -2.43.